The summed E-state index contributed by atoms with van der Waals surface area (Å²) in [6.07, 6.45) is 11.9. The van der Waals surface area contributed by atoms with Crippen LogP contribution in [0.15, 0.2) is 42.0 Å². The first-order valence-corrected chi connectivity index (χ1v) is 11.5. The molecule has 27 heavy (non-hydrogen) atoms. The first-order chi connectivity index (χ1) is 13.4. The van der Waals surface area contributed by atoms with Crippen molar-refractivity contribution in [2.75, 3.05) is 13.1 Å². The SMILES string of the molecule is C(=C1CCNCC1)c1ccccc1-c1ccc(CN2C3CCCC2CC3)s1. The van der Waals surface area contributed by atoms with Crippen molar-refractivity contribution in [1.29, 1.82) is 0 Å². The third-order valence-corrected chi connectivity index (χ3v) is 7.78. The molecule has 0 aliphatic carbocycles. The molecule has 0 saturated carbocycles. The molecular weight excluding hydrogens is 348 g/mol. The lowest BCUT2D eigenvalue weighted by Gasteiger charge is -2.34. The second-order valence-electron chi connectivity index (χ2n) is 8.39. The summed E-state index contributed by atoms with van der Waals surface area (Å²) in [7, 11) is 0. The van der Waals surface area contributed by atoms with Gasteiger partial charge in [-0.2, -0.15) is 0 Å². The highest BCUT2D eigenvalue weighted by Gasteiger charge is 2.36. The highest BCUT2D eigenvalue weighted by atomic mass is 32.1. The molecule has 2 atom stereocenters. The molecule has 4 heterocycles. The molecule has 5 rings (SSSR count). The molecule has 1 aromatic carbocycles. The zero-order valence-electron chi connectivity index (χ0n) is 16.1. The minimum absolute atomic E-state index is 0.853. The Morgan fingerprint density at radius 1 is 0.963 bits per heavy atom. The fourth-order valence-electron chi connectivity index (χ4n) is 5.23. The van der Waals surface area contributed by atoms with E-state index >= 15 is 0 Å². The molecule has 3 aliphatic rings. The van der Waals surface area contributed by atoms with E-state index in [1.54, 1.807) is 5.57 Å². The summed E-state index contributed by atoms with van der Waals surface area (Å²) in [5.41, 5.74) is 4.38. The van der Waals surface area contributed by atoms with Gasteiger partial charge in [-0.25, -0.2) is 0 Å². The van der Waals surface area contributed by atoms with Crippen molar-refractivity contribution < 1.29 is 0 Å². The Hall–Kier alpha value is -1.42. The van der Waals surface area contributed by atoms with Crippen LogP contribution in [-0.2, 0) is 6.54 Å². The number of nitrogens with zero attached hydrogens (tertiary/aromatic N) is 1. The second kappa shape index (κ2) is 7.90. The van der Waals surface area contributed by atoms with Gasteiger partial charge >= 0.3 is 0 Å². The summed E-state index contributed by atoms with van der Waals surface area (Å²) >= 11 is 2.00. The van der Waals surface area contributed by atoms with E-state index in [1.807, 2.05) is 11.3 Å². The molecule has 2 bridgehead atoms. The van der Waals surface area contributed by atoms with Crippen molar-refractivity contribution in [2.24, 2.45) is 0 Å². The van der Waals surface area contributed by atoms with Gasteiger partial charge in [0.25, 0.3) is 0 Å². The van der Waals surface area contributed by atoms with Crippen LogP contribution in [0.1, 0.15) is 55.4 Å². The predicted octanol–water partition coefficient (Wildman–Crippen LogP) is 5.70. The predicted molar refractivity (Wildman–Crippen MR) is 116 cm³/mol. The normalized spacial score (nSPS) is 25.7. The van der Waals surface area contributed by atoms with E-state index in [2.05, 4.69) is 52.7 Å². The van der Waals surface area contributed by atoms with E-state index < -0.39 is 0 Å². The van der Waals surface area contributed by atoms with Crippen LogP contribution < -0.4 is 5.32 Å². The minimum atomic E-state index is 0.853. The zero-order chi connectivity index (χ0) is 18.1. The quantitative estimate of drug-likeness (QED) is 0.734. The van der Waals surface area contributed by atoms with Crippen LogP contribution in [0.2, 0.25) is 0 Å². The fourth-order valence-corrected chi connectivity index (χ4v) is 6.29. The van der Waals surface area contributed by atoms with Gasteiger partial charge in [-0.3, -0.25) is 4.90 Å². The van der Waals surface area contributed by atoms with Crippen molar-refractivity contribution >= 4 is 17.4 Å². The molecule has 142 valence electrons. The lowest BCUT2D eigenvalue weighted by molar-refractivity contribution is 0.133. The van der Waals surface area contributed by atoms with Crippen LogP contribution in [0, 0.1) is 0 Å². The number of benzene rings is 1. The van der Waals surface area contributed by atoms with E-state index in [0.29, 0.717) is 0 Å². The van der Waals surface area contributed by atoms with Crippen LogP contribution in [0.25, 0.3) is 16.5 Å². The van der Waals surface area contributed by atoms with Gasteiger partial charge in [0.2, 0.25) is 0 Å². The molecule has 3 saturated heterocycles. The lowest BCUT2D eigenvalue weighted by atomic mass is 9.99. The van der Waals surface area contributed by atoms with Gasteiger partial charge < -0.3 is 5.32 Å². The monoisotopic (exact) mass is 378 g/mol. The molecule has 0 spiro atoms. The number of rotatable bonds is 4. The molecule has 2 unspecified atom stereocenters. The smallest absolute Gasteiger partial charge is 0.0352 e. The van der Waals surface area contributed by atoms with Crippen molar-refractivity contribution in [1.82, 2.24) is 10.2 Å². The summed E-state index contributed by atoms with van der Waals surface area (Å²) in [4.78, 5) is 5.77. The van der Waals surface area contributed by atoms with Crippen molar-refractivity contribution in [3.63, 3.8) is 0 Å². The maximum absolute atomic E-state index is 3.46. The number of hydrogen-bond acceptors (Lipinski definition) is 3. The second-order valence-corrected chi connectivity index (χ2v) is 9.56. The molecular formula is C24H30N2S. The van der Waals surface area contributed by atoms with Gasteiger partial charge in [-0.1, -0.05) is 42.3 Å². The van der Waals surface area contributed by atoms with Gasteiger partial charge in [0, 0.05) is 28.4 Å². The largest absolute Gasteiger partial charge is 0.316 e. The van der Waals surface area contributed by atoms with E-state index in [0.717, 1.165) is 31.7 Å². The number of nitrogens with one attached hydrogen (secondary N) is 1. The van der Waals surface area contributed by atoms with Crippen molar-refractivity contribution in [2.45, 2.75) is 63.6 Å². The van der Waals surface area contributed by atoms with E-state index in [9.17, 15) is 0 Å². The molecule has 3 heteroatoms. The number of piperidine rings is 2. The fraction of sp³-hybridized carbons (Fsp3) is 0.500. The van der Waals surface area contributed by atoms with Crippen molar-refractivity contribution in [3.8, 4) is 10.4 Å². The Bertz CT molecular complexity index is 797. The lowest BCUT2D eigenvalue weighted by Crippen LogP contribution is -2.38. The van der Waals surface area contributed by atoms with Crippen LogP contribution in [0.4, 0.5) is 0 Å². The Balaban J connectivity index is 1.37. The average Bonchev–Trinajstić information content (AvgIpc) is 3.24. The van der Waals surface area contributed by atoms with Gasteiger partial charge in [0.05, 0.1) is 0 Å². The first-order valence-electron chi connectivity index (χ1n) is 10.7. The molecule has 1 aromatic heterocycles. The zero-order valence-corrected chi connectivity index (χ0v) is 16.9. The molecule has 1 N–H and O–H groups in total. The van der Waals surface area contributed by atoms with Gasteiger partial charge in [-0.05, 0) is 74.9 Å². The topological polar surface area (TPSA) is 15.3 Å². The van der Waals surface area contributed by atoms with Gasteiger partial charge in [0.1, 0.15) is 0 Å². The molecule has 2 nitrogen and oxygen atoms in total. The molecule has 0 amide bonds. The Morgan fingerprint density at radius 3 is 2.56 bits per heavy atom. The summed E-state index contributed by atoms with van der Waals surface area (Å²) in [5, 5.41) is 3.46. The Kier molecular flexibility index (Phi) is 5.17. The van der Waals surface area contributed by atoms with Crippen LogP contribution >= 0.6 is 11.3 Å². The maximum atomic E-state index is 3.46. The molecule has 3 aliphatic heterocycles. The Labute approximate surface area is 167 Å². The summed E-state index contributed by atoms with van der Waals surface area (Å²) in [6, 6.07) is 15.4. The van der Waals surface area contributed by atoms with Crippen LogP contribution in [0.3, 0.4) is 0 Å². The van der Waals surface area contributed by atoms with Crippen molar-refractivity contribution in [3.05, 3.63) is 52.4 Å². The molecule has 3 fully saturated rings. The van der Waals surface area contributed by atoms with Gasteiger partial charge in [0.15, 0.2) is 0 Å². The van der Waals surface area contributed by atoms with E-state index in [4.69, 9.17) is 0 Å². The molecule has 0 radical (unpaired) electrons. The van der Waals surface area contributed by atoms with Crippen LogP contribution in [-0.4, -0.2) is 30.1 Å². The van der Waals surface area contributed by atoms with E-state index in [1.165, 1.54) is 65.8 Å². The Morgan fingerprint density at radius 2 is 1.74 bits per heavy atom. The maximum Gasteiger partial charge on any atom is 0.0352 e. The van der Waals surface area contributed by atoms with Crippen LogP contribution in [0.5, 0.6) is 0 Å². The summed E-state index contributed by atoms with van der Waals surface area (Å²) in [5.74, 6) is 0. The minimum Gasteiger partial charge on any atom is -0.316 e. The highest BCUT2D eigenvalue weighted by molar-refractivity contribution is 7.15. The average molecular weight is 379 g/mol. The molecule has 2 aromatic rings. The third kappa shape index (κ3) is 3.78. The third-order valence-electron chi connectivity index (χ3n) is 6.68. The van der Waals surface area contributed by atoms with Gasteiger partial charge in [-0.15, -0.1) is 11.3 Å². The highest BCUT2D eigenvalue weighted by Crippen LogP contribution is 2.39. The standard InChI is InChI=1S/C24H30N2S/c1-2-7-23(19(4-1)16-18-12-14-25-15-13-18)24-11-10-22(27-24)17-26-20-5-3-6-21(26)9-8-20/h1-2,4,7,10-11,16,20-21,25H,3,5-6,8-9,12-15,17H2. The number of hydrogen-bond donors (Lipinski definition) is 1. The number of fused-ring (bicyclic) bond motifs is 2. The number of thiophene rings is 1. The summed E-state index contributed by atoms with van der Waals surface area (Å²) in [6.45, 7) is 3.40. The summed E-state index contributed by atoms with van der Waals surface area (Å²) < 4.78 is 0. The first kappa shape index (κ1) is 17.7. The van der Waals surface area contributed by atoms with E-state index in [-0.39, 0.29) is 0 Å².